The molecule has 0 atom stereocenters. The van der Waals surface area contributed by atoms with Crippen LogP contribution in [0.25, 0.3) is 20.3 Å². The Kier molecular flexibility index (Phi) is 4.72. The molecule has 0 spiro atoms. The number of carbonyl (C=O) groups is 1. The van der Waals surface area contributed by atoms with Crippen LogP contribution in [0.2, 0.25) is 0 Å². The Balaban J connectivity index is 2.41. The van der Waals surface area contributed by atoms with Crippen LogP contribution in [-0.2, 0) is 11.0 Å². The van der Waals surface area contributed by atoms with Crippen molar-refractivity contribution in [3.05, 3.63) is 23.8 Å². The molecular weight excluding hydrogens is 363 g/mol. The molecule has 0 aliphatic rings. The zero-order chi connectivity index (χ0) is 19.2. The number of amides is 1. The van der Waals surface area contributed by atoms with Gasteiger partial charge in [-0.15, -0.1) is 11.3 Å². The van der Waals surface area contributed by atoms with Crippen molar-refractivity contribution in [2.75, 3.05) is 11.4 Å². The van der Waals surface area contributed by atoms with Gasteiger partial charge in [-0.25, -0.2) is 4.68 Å². The van der Waals surface area contributed by atoms with Gasteiger partial charge in [0.05, 0.1) is 10.3 Å². The van der Waals surface area contributed by atoms with Gasteiger partial charge in [0.25, 0.3) is 0 Å². The van der Waals surface area contributed by atoms with Gasteiger partial charge in [0.2, 0.25) is 5.91 Å². The van der Waals surface area contributed by atoms with Crippen LogP contribution in [0.1, 0.15) is 45.7 Å². The van der Waals surface area contributed by atoms with Crippen LogP contribution < -0.4 is 4.90 Å². The standard InChI is InChI=1S/C18H20F3N3OS/c1-5-9-23(11(4)25)17-16-15(22-24(17)10(2)3)14-12(18(19,20)21)7-6-8-13(14)26-16/h6-8,10H,5,9H2,1-4H3. The molecule has 26 heavy (non-hydrogen) atoms. The van der Waals surface area contributed by atoms with Gasteiger partial charge in [-0.2, -0.15) is 18.3 Å². The number of anilines is 1. The molecule has 0 N–H and O–H groups in total. The van der Waals surface area contributed by atoms with Crippen LogP contribution in [0.15, 0.2) is 18.2 Å². The number of aromatic nitrogens is 2. The van der Waals surface area contributed by atoms with Crippen molar-refractivity contribution >= 4 is 43.4 Å². The molecule has 0 aliphatic heterocycles. The van der Waals surface area contributed by atoms with Crippen LogP contribution in [0.3, 0.4) is 0 Å². The van der Waals surface area contributed by atoms with Crippen LogP contribution >= 0.6 is 11.3 Å². The highest BCUT2D eigenvalue weighted by Crippen LogP contribution is 2.45. The minimum atomic E-state index is -4.46. The van der Waals surface area contributed by atoms with Crippen molar-refractivity contribution in [3.8, 4) is 0 Å². The van der Waals surface area contributed by atoms with Gasteiger partial charge in [-0.3, -0.25) is 9.69 Å². The fourth-order valence-corrected chi connectivity index (χ4v) is 4.33. The summed E-state index contributed by atoms with van der Waals surface area (Å²) in [5.41, 5.74) is -0.380. The SMILES string of the molecule is CCCN(C(C)=O)c1c2sc3cccc(C(F)(F)F)c3c2nn1C(C)C. The third kappa shape index (κ3) is 2.96. The summed E-state index contributed by atoms with van der Waals surface area (Å²) in [5.74, 6) is 0.433. The lowest BCUT2D eigenvalue weighted by atomic mass is 10.1. The predicted octanol–water partition coefficient (Wildman–Crippen LogP) is 5.61. The molecule has 2 heterocycles. The number of benzene rings is 1. The Morgan fingerprint density at radius 1 is 1.35 bits per heavy atom. The van der Waals surface area contributed by atoms with Crippen molar-refractivity contribution in [3.63, 3.8) is 0 Å². The maximum atomic E-state index is 13.5. The van der Waals surface area contributed by atoms with Crippen molar-refractivity contribution < 1.29 is 18.0 Å². The highest BCUT2D eigenvalue weighted by Gasteiger charge is 2.35. The number of alkyl halides is 3. The van der Waals surface area contributed by atoms with E-state index < -0.39 is 11.7 Å². The van der Waals surface area contributed by atoms with Gasteiger partial charge in [0, 0.05) is 29.6 Å². The third-order valence-electron chi connectivity index (χ3n) is 4.20. The molecule has 3 aromatic rings. The van der Waals surface area contributed by atoms with Crippen molar-refractivity contribution in [1.29, 1.82) is 0 Å². The van der Waals surface area contributed by atoms with E-state index in [1.165, 1.54) is 24.3 Å². The lowest BCUT2D eigenvalue weighted by Crippen LogP contribution is -2.31. The van der Waals surface area contributed by atoms with Crippen LogP contribution in [-0.4, -0.2) is 22.2 Å². The molecule has 3 rings (SSSR count). The first-order valence-corrected chi connectivity index (χ1v) is 9.27. The normalized spacial score (nSPS) is 12.5. The number of rotatable bonds is 4. The zero-order valence-corrected chi connectivity index (χ0v) is 15.8. The summed E-state index contributed by atoms with van der Waals surface area (Å²) in [7, 11) is 0. The van der Waals surface area contributed by atoms with E-state index in [1.807, 2.05) is 20.8 Å². The molecule has 8 heteroatoms. The number of hydrogen-bond acceptors (Lipinski definition) is 3. The fourth-order valence-electron chi connectivity index (χ4n) is 3.12. The molecule has 0 saturated carbocycles. The van der Waals surface area contributed by atoms with Gasteiger partial charge < -0.3 is 0 Å². The lowest BCUT2D eigenvalue weighted by Gasteiger charge is -2.23. The van der Waals surface area contributed by atoms with Crippen LogP contribution in [0.4, 0.5) is 19.0 Å². The smallest absolute Gasteiger partial charge is 0.296 e. The number of carbonyl (C=O) groups excluding carboxylic acids is 1. The molecule has 140 valence electrons. The Bertz CT molecular complexity index is 972. The van der Waals surface area contributed by atoms with Gasteiger partial charge in [0.1, 0.15) is 5.52 Å². The zero-order valence-electron chi connectivity index (χ0n) is 15.0. The number of thiophene rings is 1. The fraction of sp³-hybridized carbons (Fsp3) is 0.444. The van der Waals surface area contributed by atoms with Gasteiger partial charge in [-0.05, 0) is 32.4 Å². The number of hydrogen-bond donors (Lipinski definition) is 0. The maximum Gasteiger partial charge on any atom is 0.417 e. The summed E-state index contributed by atoms with van der Waals surface area (Å²) in [5, 5.41) is 4.60. The van der Waals surface area contributed by atoms with E-state index in [1.54, 1.807) is 15.6 Å². The number of halogens is 3. The minimum absolute atomic E-state index is 0.0867. The monoisotopic (exact) mass is 383 g/mol. The Labute approximate surface area is 153 Å². The van der Waals surface area contributed by atoms with E-state index in [-0.39, 0.29) is 17.3 Å². The maximum absolute atomic E-state index is 13.5. The Hall–Kier alpha value is -2.09. The summed E-state index contributed by atoms with van der Waals surface area (Å²) in [4.78, 5) is 13.8. The quantitative estimate of drug-likeness (QED) is 0.587. The summed E-state index contributed by atoms with van der Waals surface area (Å²) in [6, 6.07) is 4.07. The molecular formula is C18H20F3N3OS. The number of nitrogens with zero attached hydrogens (tertiary/aromatic N) is 3. The van der Waals surface area contributed by atoms with Crippen LogP contribution in [0, 0.1) is 0 Å². The largest absolute Gasteiger partial charge is 0.417 e. The molecule has 0 saturated heterocycles. The predicted molar refractivity (Wildman–Crippen MR) is 98.8 cm³/mol. The van der Waals surface area contributed by atoms with Crippen molar-refractivity contribution in [2.45, 2.75) is 46.3 Å². The summed E-state index contributed by atoms with van der Waals surface area (Å²) in [6.07, 6.45) is -3.72. The number of fused-ring (bicyclic) bond motifs is 3. The highest BCUT2D eigenvalue weighted by atomic mass is 32.1. The third-order valence-corrected chi connectivity index (χ3v) is 5.34. The van der Waals surface area contributed by atoms with Crippen molar-refractivity contribution in [1.82, 2.24) is 9.78 Å². The average molecular weight is 383 g/mol. The van der Waals surface area contributed by atoms with E-state index in [4.69, 9.17) is 0 Å². The first-order chi connectivity index (χ1) is 12.2. The minimum Gasteiger partial charge on any atom is -0.296 e. The van der Waals surface area contributed by atoms with E-state index >= 15 is 0 Å². The van der Waals surface area contributed by atoms with Gasteiger partial charge in [0.15, 0.2) is 5.82 Å². The average Bonchev–Trinajstić information content (AvgIpc) is 3.07. The topological polar surface area (TPSA) is 38.1 Å². The Morgan fingerprint density at radius 2 is 2.04 bits per heavy atom. The molecule has 0 radical (unpaired) electrons. The molecule has 0 unspecified atom stereocenters. The molecule has 1 aromatic carbocycles. The molecule has 0 fully saturated rings. The molecule has 2 aromatic heterocycles. The summed E-state index contributed by atoms with van der Waals surface area (Å²) in [6.45, 7) is 7.71. The Morgan fingerprint density at radius 3 is 2.58 bits per heavy atom. The first kappa shape index (κ1) is 18.7. The highest BCUT2D eigenvalue weighted by molar-refractivity contribution is 7.26. The van der Waals surface area contributed by atoms with E-state index in [0.717, 1.165) is 12.5 Å². The van der Waals surface area contributed by atoms with E-state index in [0.29, 0.717) is 27.3 Å². The van der Waals surface area contributed by atoms with Gasteiger partial charge in [-0.1, -0.05) is 13.0 Å². The molecule has 1 amide bonds. The molecule has 0 aliphatic carbocycles. The summed E-state index contributed by atoms with van der Waals surface area (Å²) < 4.78 is 43.3. The second-order valence-electron chi connectivity index (χ2n) is 6.49. The van der Waals surface area contributed by atoms with E-state index in [9.17, 15) is 18.0 Å². The van der Waals surface area contributed by atoms with Crippen LogP contribution in [0.5, 0.6) is 0 Å². The lowest BCUT2D eigenvalue weighted by molar-refractivity contribution is -0.136. The molecule has 0 bridgehead atoms. The van der Waals surface area contributed by atoms with E-state index in [2.05, 4.69) is 5.10 Å². The van der Waals surface area contributed by atoms with Crippen molar-refractivity contribution in [2.24, 2.45) is 0 Å². The summed E-state index contributed by atoms with van der Waals surface area (Å²) >= 11 is 1.25. The first-order valence-electron chi connectivity index (χ1n) is 8.45. The second kappa shape index (κ2) is 6.57. The molecule has 4 nitrogen and oxygen atoms in total. The second-order valence-corrected chi connectivity index (χ2v) is 7.54. The van der Waals surface area contributed by atoms with Gasteiger partial charge >= 0.3 is 6.18 Å².